The largest absolute Gasteiger partial charge is 0.519 e. The van der Waals surface area contributed by atoms with Crippen LogP contribution < -0.4 is 15.5 Å². The van der Waals surface area contributed by atoms with Crippen LogP contribution >= 0.6 is 0 Å². The highest BCUT2D eigenvalue weighted by Crippen LogP contribution is 2.42. The Labute approximate surface area is 321 Å². The number of piperazine rings is 1. The molecule has 2 fully saturated rings. The van der Waals surface area contributed by atoms with Gasteiger partial charge in [-0.2, -0.15) is 9.97 Å². The number of piperidine rings is 1. The number of hydrogen-bond donors (Lipinski definition) is 1. The number of rotatable bonds is 7. The number of terminal acetylenes is 1. The van der Waals surface area contributed by atoms with Gasteiger partial charge in [0.2, 0.25) is 6.43 Å². The molecule has 2 saturated heterocycles. The Morgan fingerprint density at radius 3 is 2.59 bits per heavy atom. The van der Waals surface area contributed by atoms with E-state index in [1.807, 2.05) is 25.8 Å². The zero-order valence-corrected chi connectivity index (χ0v) is 31.7. The van der Waals surface area contributed by atoms with Crippen molar-refractivity contribution in [2.24, 2.45) is 11.8 Å². The number of benzene rings is 2. The van der Waals surface area contributed by atoms with Gasteiger partial charge in [0.1, 0.15) is 34.4 Å². The number of anilines is 1. The molecular formula is C41H44F4N6O5. The summed E-state index contributed by atoms with van der Waals surface area (Å²) in [5.41, 5.74) is 0.212. The number of likely N-dealkylation sites (tertiary alicyclic amines) is 1. The number of aromatic hydroxyl groups is 1. The molecule has 8 rings (SSSR count). The van der Waals surface area contributed by atoms with Crippen molar-refractivity contribution in [2.75, 3.05) is 51.3 Å². The van der Waals surface area contributed by atoms with Crippen LogP contribution in [0.3, 0.4) is 0 Å². The monoisotopic (exact) mass is 776 g/mol. The van der Waals surface area contributed by atoms with Crippen LogP contribution in [0, 0.1) is 42.7 Å². The van der Waals surface area contributed by atoms with E-state index in [1.165, 1.54) is 24.3 Å². The van der Waals surface area contributed by atoms with Gasteiger partial charge in [-0.15, -0.1) is 6.42 Å². The van der Waals surface area contributed by atoms with Gasteiger partial charge in [0.25, 0.3) is 0 Å². The first-order valence-electron chi connectivity index (χ1n) is 19.0. The van der Waals surface area contributed by atoms with E-state index in [0.717, 1.165) is 0 Å². The van der Waals surface area contributed by atoms with E-state index in [2.05, 4.69) is 20.7 Å². The van der Waals surface area contributed by atoms with Crippen molar-refractivity contribution in [1.82, 2.24) is 24.8 Å². The minimum atomic E-state index is -2.53. The Hall–Kier alpha value is -5.20. The molecule has 296 valence electrons. The molecule has 3 unspecified atom stereocenters. The topological polar surface area (TPSA) is 121 Å². The maximum Gasteiger partial charge on any atom is 0.519 e. The molecule has 5 aromatic rings. The summed E-state index contributed by atoms with van der Waals surface area (Å²) < 4.78 is 76.9. The second kappa shape index (κ2) is 16.1. The Morgan fingerprint density at radius 2 is 1.86 bits per heavy atom. The van der Waals surface area contributed by atoms with Crippen LogP contribution in [-0.4, -0.2) is 88.7 Å². The molecule has 0 radical (unpaired) electrons. The molecule has 2 aromatic carbocycles. The third-order valence-electron chi connectivity index (χ3n) is 11.0. The molecule has 6 heterocycles. The molecule has 3 aliphatic rings. The second-order valence-electron chi connectivity index (χ2n) is 14.5. The predicted octanol–water partition coefficient (Wildman–Crippen LogP) is 6.93. The van der Waals surface area contributed by atoms with Gasteiger partial charge in [0, 0.05) is 55.0 Å². The average molecular weight is 777 g/mol. The van der Waals surface area contributed by atoms with Crippen molar-refractivity contribution in [3.05, 3.63) is 69.3 Å². The van der Waals surface area contributed by atoms with Crippen LogP contribution in [0.4, 0.5) is 23.4 Å². The first-order valence-corrected chi connectivity index (χ1v) is 19.0. The lowest BCUT2D eigenvalue weighted by Crippen LogP contribution is -2.53. The first-order chi connectivity index (χ1) is 27.0. The summed E-state index contributed by atoms with van der Waals surface area (Å²) in [6.07, 6.45) is 5.30. The molecule has 56 heavy (non-hydrogen) atoms. The molecule has 11 nitrogen and oxygen atoms in total. The fourth-order valence-corrected chi connectivity index (χ4v) is 8.33. The number of nitrogens with zero attached hydrogens (tertiary/aromatic N) is 6. The van der Waals surface area contributed by atoms with Crippen molar-refractivity contribution in [2.45, 2.75) is 65.5 Å². The molecule has 0 saturated carbocycles. The number of aryl methyl sites for hydroxylation is 2. The Balaban J connectivity index is 0.00000237. The Morgan fingerprint density at radius 1 is 1.05 bits per heavy atom. The zero-order chi connectivity index (χ0) is 39.8. The predicted molar refractivity (Wildman–Crippen MR) is 203 cm³/mol. The highest BCUT2D eigenvalue weighted by molar-refractivity contribution is 6.03. The van der Waals surface area contributed by atoms with Crippen molar-refractivity contribution >= 4 is 27.5 Å². The van der Waals surface area contributed by atoms with Gasteiger partial charge in [-0.1, -0.05) is 25.8 Å². The molecule has 0 bridgehead atoms. The van der Waals surface area contributed by atoms with E-state index < -0.39 is 35.7 Å². The van der Waals surface area contributed by atoms with Crippen molar-refractivity contribution < 1.29 is 36.2 Å². The van der Waals surface area contributed by atoms with Gasteiger partial charge >= 0.3 is 11.8 Å². The highest BCUT2D eigenvalue weighted by Gasteiger charge is 2.37. The summed E-state index contributed by atoms with van der Waals surface area (Å²) in [5, 5.41) is 11.7. The van der Waals surface area contributed by atoms with Crippen LogP contribution in [0.2, 0.25) is 0 Å². The van der Waals surface area contributed by atoms with E-state index in [1.54, 1.807) is 6.92 Å². The number of aromatic nitrogens is 3. The molecule has 0 spiro atoms. The Bertz CT molecular complexity index is 2360. The summed E-state index contributed by atoms with van der Waals surface area (Å²) in [6, 6.07) is 5.10. The average Bonchev–Trinajstić information content (AvgIpc) is 3.49. The van der Waals surface area contributed by atoms with Crippen molar-refractivity contribution in [3.63, 3.8) is 0 Å². The number of ether oxygens (including phenoxy) is 1. The molecule has 3 aliphatic heterocycles. The SMILES string of the molecule is C#Cc1c(F)ccc2cc(O)cc(-c3nc4c5c(nc(OCC6CN(C)CCC6C(F)F)nc5c3F)N3CCN(Cc5oc(=O)oc5C)CC3CCC4)c12.CC. The third-order valence-corrected chi connectivity index (χ3v) is 11.0. The lowest BCUT2D eigenvalue weighted by molar-refractivity contribution is -0.0142. The second-order valence-corrected chi connectivity index (χ2v) is 14.5. The molecule has 1 N–H and O–H groups in total. The molecule has 3 aromatic heterocycles. The van der Waals surface area contributed by atoms with E-state index in [-0.39, 0.29) is 52.1 Å². The van der Waals surface area contributed by atoms with Gasteiger partial charge in [-0.05, 0) is 69.8 Å². The number of alkyl halides is 2. The molecule has 0 amide bonds. The Kier molecular flexibility index (Phi) is 11.2. The number of phenols is 1. The maximum absolute atomic E-state index is 17.3. The number of fused-ring (bicyclic) bond motifs is 3. The van der Waals surface area contributed by atoms with Gasteiger partial charge in [-0.25, -0.2) is 27.3 Å². The minimum absolute atomic E-state index is 0.0918. The van der Waals surface area contributed by atoms with Gasteiger partial charge in [0.15, 0.2) is 11.6 Å². The number of pyridine rings is 1. The van der Waals surface area contributed by atoms with Gasteiger partial charge < -0.3 is 28.5 Å². The van der Waals surface area contributed by atoms with Crippen LogP contribution in [0.15, 0.2) is 37.9 Å². The van der Waals surface area contributed by atoms with E-state index in [0.29, 0.717) is 98.8 Å². The van der Waals surface area contributed by atoms with Crippen LogP contribution in [0.5, 0.6) is 11.8 Å². The summed E-state index contributed by atoms with van der Waals surface area (Å²) in [4.78, 5) is 32.2. The lowest BCUT2D eigenvalue weighted by Gasteiger charge is -2.43. The summed E-state index contributed by atoms with van der Waals surface area (Å²) in [6.45, 7) is 8.44. The standard InChI is InChI=1S/C39H38F4N6O5.C2H6/c1-4-25-28(40)9-8-21-14-24(50)15-27(31(21)25)34-33(41)35-32-29(44-34)7-5-6-23-17-48(18-30-20(2)53-39(51)54-30)12-13-49(23)37(32)46-38(45-35)52-19-22-16-47(3)11-10-26(22)36(42)43;1-2/h1,8-9,14-15,22-23,26,36,50H,5-7,10-13,16-19H2,2-3H3;1-2H3. The smallest absolute Gasteiger partial charge is 0.508 e. The lowest BCUT2D eigenvalue weighted by atomic mass is 9.86. The quantitative estimate of drug-likeness (QED) is 0.137. The molecule has 3 atom stereocenters. The van der Waals surface area contributed by atoms with Crippen LogP contribution in [-0.2, 0) is 13.0 Å². The third kappa shape index (κ3) is 7.39. The normalized spacial score (nSPS) is 20.3. The van der Waals surface area contributed by atoms with Gasteiger partial charge in [0.05, 0.1) is 29.8 Å². The summed E-state index contributed by atoms with van der Waals surface area (Å²) in [7, 11) is 1.87. The first kappa shape index (κ1) is 39.1. The van der Waals surface area contributed by atoms with Crippen molar-refractivity contribution in [3.8, 4) is 35.4 Å². The fraction of sp³-hybridized carbons (Fsp3) is 0.463. The number of hydrogen-bond acceptors (Lipinski definition) is 11. The van der Waals surface area contributed by atoms with Gasteiger partial charge in [-0.3, -0.25) is 4.90 Å². The van der Waals surface area contributed by atoms with E-state index in [9.17, 15) is 18.7 Å². The summed E-state index contributed by atoms with van der Waals surface area (Å²) >= 11 is 0. The van der Waals surface area contributed by atoms with E-state index >= 15 is 8.78 Å². The summed E-state index contributed by atoms with van der Waals surface area (Å²) in [5.74, 6) is -0.242. The van der Waals surface area contributed by atoms with Crippen molar-refractivity contribution in [1.29, 1.82) is 0 Å². The van der Waals surface area contributed by atoms with Crippen LogP contribution in [0.25, 0.3) is 32.9 Å². The number of phenolic OH excluding ortho intramolecular Hbond substituents is 1. The minimum Gasteiger partial charge on any atom is -0.508 e. The highest BCUT2D eigenvalue weighted by atomic mass is 19.3. The molecular weight excluding hydrogens is 732 g/mol. The fourth-order valence-electron chi connectivity index (χ4n) is 8.33. The molecule has 15 heteroatoms. The zero-order valence-electron chi connectivity index (χ0n) is 31.7. The maximum atomic E-state index is 17.3. The van der Waals surface area contributed by atoms with Crippen LogP contribution in [0.1, 0.15) is 55.9 Å². The van der Waals surface area contributed by atoms with E-state index in [4.69, 9.17) is 30.0 Å². The molecule has 0 aliphatic carbocycles. The number of halogens is 4.